The van der Waals surface area contributed by atoms with E-state index in [4.69, 9.17) is 0 Å². The molecule has 1 aromatic carbocycles. The summed E-state index contributed by atoms with van der Waals surface area (Å²) in [6.07, 6.45) is 0.327. The molecule has 1 aromatic heterocycles. The lowest BCUT2D eigenvalue weighted by Gasteiger charge is -2.11. The maximum atomic E-state index is 12.0. The number of hydrogen-bond acceptors (Lipinski definition) is 4. The lowest BCUT2D eigenvalue weighted by Crippen LogP contribution is -2.31. The van der Waals surface area contributed by atoms with Crippen molar-refractivity contribution < 1.29 is 9.59 Å². The number of aromatic nitrogens is 1. The Morgan fingerprint density at radius 1 is 1.25 bits per heavy atom. The second-order valence-electron chi connectivity index (χ2n) is 5.61. The number of aryl methyl sites for hydroxylation is 1. The number of carbonyl (C=O) groups is 2. The van der Waals surface area contributed by atoms with Gasteiger partial charge in [-0.2, -0.15) is 0 Å². The average molecular weight is 346 g/mol. The molecular weight excluding hydrogens is 324 g/mol. The Kier molecular flexibility index (Phi) is 6.31. The van der Waals surface area contributed by atoms with E-state index in [1.165, 1.54) is 0 Å². The smallest absolute Gasteiger partial charge is 0.319 e. The molecule has 0 unspecified atom stereocenters. The van der Waals surface area contributed by atoms with E-state index in [-0.39, 0.29) is 17.9 Å². The molecule has 2 rings (SSSR count). The van der Waals surface area contributed by atoms with Gasteiger partial charge in [-0.3, -0.25) is 4.79 Å². The van der Waals surface area contributed by atoms with Crippen LogP contribution in [0.4, 0.5) is 10.5 Å². The zero-order valence-corrected chi connectivity index (χ0v) is 14.9. The molecule has 2 aromatic rings. The summed E-state index contributed by atoms with van der Waals surface area (Å²) in [5, 5.41) is 11.2. The molecule has 0 saturated carbocycles. The Morgan fingerprint density at radius 2 is 1.96 bits per heavy atom. The Morgan fingerprint density at radius 3 is 2.54 bits per heavy atom. The van der Waals surface area contributed by atoms with Gasteiger partial charge in [0.2, 0.25) is 5.91 Å². The topological polar surface area (TPSA) is 83.1 Å². The summed E-state index contributed by atoms with van der Waals surface area (Å²) in [6, 6.07) is 6.96. The number of likely N-dealkylation sites (N-methyl/N-ethyl adjacent to an activating group) is 1. The van der Waals surface area contributed by atoms with E-state index in [9.17, 15) is 9.59 Å². The molecule has 128 valence electrons. The van der Waals surface area contributed by atoms with Gasteiger partial charge >= 0.3 is 6.03 Å². The molecule has 0 fully saturated rings. The minimum atomic E-state index is -0.255. The Balaban J connectivity index is 1.80. The van der Waals surface area contributed by atoms with Crippen LogP contribution in [0.3, 0.4) is 0 Å². The fourth-order valence-corrected chi connectivity index (χ4v) is 2.94. The number of hydrogen-bond donors (Lipinski definition) is 3. The first kappa shape index (κ1) is 17.9. The molecule has 0 bridgehead atoms. The molecule has 3 N–H and O–H groups in total. The highest BCUT2D eigenvalue weighted by molar-refractivity contribution is 7.09. The third-order valence-electron chi connectivity index (χ3n) is 3.48. The minimum Gasteiger partial charge on any atom is -0.359 e. The number of thiazole rings is 1. The molecule has 0 radical (unpaired) electrons. The number of carbonyl (C=O) groups excluding carboxylic acids is 2. The van der Waals surface area contributed by atoms with E-state index >= 15 is 0 Å². The number of anilines is 1. The number of nitrogens with one attached hydrogen (secondary N) is 3. The highest BCUT2D eigenvalue weighted by Gasteiger charge is 2.11. The molecule has 7 heteroatoms. The van der Waals surface area contributed by atoms with Crippen LogP contribution in [0.25, 0.3) is 0 Å². The standard InChI is InChI=1S/C17H22N4O2S/c1-11(16-20-12(2)10-24-16)9-19-17(23)21-14-6-4-13(5-7-14)8-15(22)18-3/h4-7,10-11H,8-9H2,1-3H3,(H,18,22)(H2,19,21,23)/t11-/m0/s1. The predicted octanol–water partition coefficient (Wildman–Crippen LogP) is 2.67. The van der Waals surface area contributed by atoms with Gasteiger partial charge < -0.3 is 16.0 Å². The second kappa shape index (κ2) is 8.44. The highest BCUT2D eigenvalue weighted by atomic mass is 32.1. The second-order valence-corrected chi connectivity index (χ2v) is 6.50. The zero-order valence-electron chi connectivity index (χ0n) is 14.1. The quantitative estimate of drug-likeness (QED) is 0.752. The first-order valence-electron chi connectivity index (χ1n) is 7.74. The fraction of sp³-hybridized carbons (Fsp3) is 0.353. The van der Waals surface area contributed by atoms with Crippen LogP contribution in [0.2, 0.25) is 0 Å². The molecule has 0 aliphatic heterocycles. The summed E-state index contributed by atoms with van der Waals surface area (Å²) in [5.41, 5.74) is 2.59. The van der Waals surface area contributed by atoms with Gasteiger partial charge in [0.25, 0.3) is 0 Å². The molecule has 0 aliphatic carbocycles. The third-order valence-corrected chi connectivity index (χ3v) is 4.68. The van der Waals surface area contributed by atoms with Gasteiger partial charge in [0.15, 0.2) is 0 Å². The first-order valence-corrected chi connectivity index (χ1v) is 8.62. The van der Waals surface area contributed by atoms with Gasteiger partial charge in [0.05, 0.1) is 11.4 Å². The van der Waals surface area contributed by atoms with Crippen molar-refractivity contribution in [1.82, 2.24) is 15.6 Å². The summed E-state index contributed by atoms with van der Waals surface area (Å²) >= 11 is 1.61. The maximum Gasteiger partial charge on any atom is 0.319 e. The molecule has 1 heterocycles. The van der Waals surface area contributed by atoms with Crippen molar-refractivity contribution >= 4 is 29.0 Å². The Labute approximate surface area is 145 Å². The van der Waals surface area contributed by atoms with Crippen LogP contribution in [0.15, 0.2) is 29.6 Å². The zero-order chi connectivity index (χ0) is 17.5. The number of nitrogens with zero attached hydrogens (tertiary/aromatic N) is 1. The van der Waals surface area contributed by atoms with Crippen molar-refractivity contribution in [2.75, 3.05) is 18.9 Å². The Bertz CT molecular complexity index is 697. The SMILES string of the molecule is CNC(=O)Cc1ccc(NC(=O)NC[C@H](C)c2nc(C)cs2)cc1. The number of rotatable bonds is 6. The summed E-state index contributed by atoms with van der Waals surface area (Å²) in [6.45, 7) is 4.51. The number of amides is 3. The van der Waals surface area contributed by atoms with Crippen LogP contribution in [0.1, 0.15) is 29.1 Å². The normalized spacial score (nSPS) is 11.6. The van der Waals surface area contributed by atoms with Gasteiger partial charge in [-0.05, 0) is 24.6 Å². The molecule has 0 aliphatic rings. The number of urea groups is 1. The van der Waals surface area contributed by atoms with Crippen LogP contribution in [-0.4, -0.2) is 30.5 Å². The van der Waals surface area contributed by atoms with Crippen LogP contribution >= 0.6 is 11.3 Å². The maximum absolute atomic E-state index is 12.0. The lowest BCUT2D eigenvalue weighted by atomic mass is 10.1. The van der Waals surface area contributed by atoms with E-state index in [0.29, 0.717) is 18.7 Å². The van der Waals surface area contributed by atoms with Crippen LogP contribution in [0.5, 0.6) is 0 Å². The van der Waals surface area contributed by atoms with Crippen molar-refractivity contribution in [3.05, 3.63) is 45.9 Å². The predicted molar refractivity (Wildman–Crippen MR) is 96.5 cm³/mol. The molecular formula is C17H22N4O2S. The van der Waals surface area contributed by atoms with Crippen molar-refractivity contribution in [1.29, 1.82) is 0 Å². The van der Waals surface area contributed by atoms with E-state index in [0.717, 1.165) is 16.3 Å². The monoisotopic (exact) mass is 346 g/mol. The number of benzene rings is 1. The van der Waals surface area contributed by atoms with Crippen LogP contribution < -0.4 is 16.0 Å². The molecule has 24 heavy (non-hydrogen) atoms. The van der Waals surface area contributed by atoms with Gasteiger partial charge in [0, 0.05) is 36.3 Å². The van der Waals surface area contributed by atoms with E-state index in [1.807, 2.05) is 31.4 Å². The summed E-state index contributed by atoms with van der Waals surface area (Å²) in [7, 11) is 1.61. The van der Waals surface area contributed by atoms with Crippen LogP contribution in [0, 0.1) is 6.92 Å². The van der Waals surface area contributed by atoms with Crippen molar-refractivity contribution in [3.63, 3.8) is 0 Å². The molecule has 0 spiro atoms. The summed E-state index contributed by atoms with van der Waals surface area (Å²) in [4.78, 5) is 27.7. The van der Waals surface area contributed by atoms with Gasteiger partial charge in [0.1, 0.15) is 0 Å². The van der Waals surface area contributed by atoms with Crippen molar-refractivity contribution in [2.24, 2.45) is 0 Å². The van der Waals surface area contributed by atoms with Crippen molar-refractivity contribution in [2.45, 2.75) is 26.2 Å². The third kappa shape index (κ3) is 5.34. The fourth-order valence-electron chi connectivity index (χ4n) is 2.09. The molecule has 1 atom stereocenters. The lowest BCUT2D eigenvalue weighted by molar-refractivity contribution is -0.119. The van der Waals surface area contributed by atoms with E-state index < -0.39 is 0 Å². The van der Waals surface area contributed by atoms with Gasteiger partial charge in [-0.25, -0.2) is 9.78 Å². The molecule has 0 saturated heterocycles. The van der Waals surface area contributed by atoms with Gasteiger partial charge in [-0.1, -0.05) is 19.1 Å². The van der Waals surface area contributed by atoms with Crippen LogP contribution in [-0.2, 0) is 11.2 Å². The summed E-state index contributed by atoms with van der Waals surface area (Å²) < 4.78 is 0. The summed E-state index contributed by atoms with van der Waals surface area (Å²) in [5.74, 6) is 0.129. The van der Waals surface area contributed by atoms with Gasteiger partial charge in [-0.15, -0.1) is 11.3 Å². The Hall–Kier alpha value is -2.41. The van der Waals surface area contributed by atoms with E-state index in [2.05, 4.69) is 20.9 Å². The molecule has 3 amide bonds. The average Bonchev–Trinajstić information content (AvgIpc) is 3.01. The van der Waals surface area contributed by atoms with E-state index in [1.54, 1.807) is 30.5 Å². The van der Waals surface area contributed by atoms with Crippen molar-refractivity contribution in [3.8, 4) is 0 Å². The molecule has 6 nitrogen and oxygen atoms in total. The first-order chi connectivity index (χ1) is 11.5. The largest absolute Gasteiger partial charge is 0.359 e. The highest BCUT2D eigenvalue weighted by Crippen LogP contribution is 2.19. The minimum absolute atomic E-state index is 0.0418.